The Bertz CT molecular complexity index is 725. The maximum absolute atomic E-state index is 12.7. The molecule has 130 valence electrons. The molecule has 2 aliphatic heterocycles. The highest BCUT2D eigenvalue weighted by molar-refractivity contribution is 5.96. The zero-order valence-electron chi connectivity index (χ0n) is 14.4. The first kappa shape index (κ1) is 16.2. The van der Waals surface area contributed by atoms with Crippen LogP contribution in [-0.4, -0.2) is 52.9 Å². The van der Waals surface area contributed by atoms with Gasteiger partial charge in [0.15, 0.2) is 0 Å². The number of hydrogen-bond donors (Lipinski definition) is 1. The zero-order valence-corrected chi connectivity index (χ0v) is 14.4. The Labute approximate surface area is 148 Å². The molecule has 0 bridgehead atoms. The van der Waals surface area contributed by atoms with Crippen molar-refractivity contribution in [2.75, 3.05) is 31.5 Å². The largest absolute Gasteiger partial charge is 0.324 e. The number of nitrogens with one attached hydrogen (secondary N) is 1. The minimum atomic E-state index is -0.0237. The normalized spacial score (nSPS) is 22.1. The maximum atomic E-state index is 12.7. The minimum absolute atomic E-state index is 0.0237. The summed E-state index contributed by atoms with van der Waals surface area (Å²) in [5.74, 6) is 0.142. The first-order valence-corrected chi connectivity index (χ1v) is 9.05. The number of hydrogen-bond acceptors (Lipinski definition) is 4. The second-order valence-corrected chi connectivity index (χ2v) is 6.83. The van der Waals surface area contributed by atoms with Crippen molar-refractivity contribution in [3.8, 4) is 0 Å². The van der Waals surface area contributed by atoms with Crippen LogP contribution in [0, 0.1) is 0 Å². The van der Waals surface area contributed by atoms with Gasteiger partial charge >= 0.3 is 0 Å². The number of amides is 1. The molecule has 2 aromatic rings. The highest BCUT2D eigenvalue weighted by Crippen LogP contribution is 2.24. The van der Waals surface area contributed by atoms with Crippen molar-refractivity contribution in [3.63, 3.8) is 0 Å². The molecule has 1 aromatic carbocycles. The lowest BCUT2D eigenvalue weighted by Gasteiger charge is -2.38. The monoisotopic (exact) mass is 336 g/mol. The third kappa shape index (κ3) is 3.72. The van der Waals surface area contributed by atoms with Crippen LogP contribution in [0.15, 0.2) is 48.7 Å². The van der Waals surface area contributed by atoms with Gasteiger partial charge in [-0.2, -0.15) is 0 Å². The van der Waals surface area contributed by atoms with Crippen LogP contribution in [0.4, 0.5) is 5.69 Å². The fourth-order valence-electron chi connectivity index (χ4n) is 3.80. The van der Waals surface area contributed by atoms with Gasteiger partial charge in [0.2, 0.25) is 5.91 Å². The van der Waals surface area contributed by atoms with Crippen molar-refractivity contribution in [1.82, 2.24) is 14.8 Å². The summed E-state index contributed by atoms with van der Waals surface area (Å²) in [6.07, 6.45) is 3.69. The molecular formula is C20H24N4O. The smallest absolute Gasteiger partial charge is 0.241 e. The fourth-order valence-corrected chi connectivity index (χ4v) is 3.80. The molecular weight excluding hydrogens is 312 g/mol. The fraction of sp³-hybridized carbons (Fsp3) is 0.400. The number of piperazine rings is 1. The SMILES string of the molecule is O=C1Nc2ccccc2CCC1N1CCN(Cc2ccccn2)CC1. The highest BCUT2D eigenvalue weighted by Gasteiger charge is 2.31. The van der Waals surface area contributed by atoms with Crippen molar-refractivity contribution in [1.29, 1.82) is 0 Å². The van der Waals surface area contributed by atoms with Crippen molar-refractivity contribution < 1.29 is 4.79 Å². The molecule has 0 aliphatic carbocycles. The van der Waals surface area contributed by atoms with Crippen LogP contribution < -0.4 is 5.32 Å². The lowest BCUT2D eigenvalue weighted by atomic mass is 10.0. The molecule has 0 spiro atoms. The number of para-hydroxylation sites is 1. The average Bonchev–Trinajstić information content (AvgIpc) is 2.82. The van der Waals surface area contributed by atoms with E-state index >= 15 is 0 Å². The van der Waals surface area contributed by atoms with Gasteiger partial charge in [-0.15, -0.1) is 0 Å². The van der Waals surface area contributed by atoms with E-state index in [0.29, 0.717) is 0 Å². The molecule has 1 amide bonds. The molecule has 5 heteroatoms. The van der Waals surface area contributed by atoms with Crippen LogP contribution in [0.2, 0.25) is 0 Å². The van der Waals surface area contributed by atoms with Gasteiger partial charge in [0.1, 0.15) is 0 Å². The second kappa shape index (κ2) is 7.33. The number of benzene rings is 1. The van der Waals surface area contributed by atoms with Crippen molar-refractivity contribution in [3.05, 3.63) is 59.9 Å². The summed E-state index contributed by atoms with van der Waals surface area (Å²) in [4.78, 5) is 21.8. The summed E-state index contributed by atoms with van der Waals surface area (Å²) in [7, 11) is 0. The number of carbonyl (C=O) groups is 1. The predicted molar refractivity (Wildman–Crippen MR) is 98.3 cm³/mol. The molecule has 1 fully saturated rings. The average molecular weight is 336 g/mol. The molecule has 1 aromatic heterocycles. The van der Waals surface area contributed by atoms with Crippen molar-refractivity contribution in [2.24, 2.45) is 0 Å². The number of rotatable bonds is 3. The first-order chi connectivity index (χ1) is 12.3. The Morgan fingerprint density at radius 1 is 1.04 bits per heavy atom. The number of pyridine rings is 1. The number of nitrogens with zero attached hydrogens (tertiary/aromatic N) is 3. The van der Waals surface area contributed by atoms with Crippen LogP contribution in [0.1, 0.15) is 17.7 Å². The van der Waals surface area contributed by atoms with Gasteiger partial charge in [-0.1, -0.05) is 24.3 Å². The van der Waals surface area contributed by atoms with Gasteiger partial charge in [-0.25, -0.2) is 0 Å². The summed E-state index contributed by atoms with van der Waals surface area (Å²) in [5.41, 5.74) is 3.33. The van der Waals surface area contributed by atoms with Crippen LogP contribution in [0.25, 0.3) is 0 Å². The van der Waals surface area contributed by atoms with Crippen LogP contribution >= 0.6 is 0 Å². The quantitative estimate of drug-likeness (QED) is 0.933. The summed E-state index contributed by atoms with van der Waals surface area (Å²) in [6, 6.07) is 14.2. The standard InChI is InChI=1S/C20H24N4O/c25-20-19(9-8-16-5-1-2-7-18(16)22-20)24-13-11-23(12-14-24)15-17-6-3-4-10-21-17/h1-7,10,19H,8-9,11-15H2,(H,22,25). The van der Waals surface area contributed by atoms with Crippen molar-refractivity contribution >= 4 is 11.6 Å². The van der Waals surface area contributed by atoms with E-state index < -0.39 is 0 Å². The van der Waals surface area contributed by atoms with E-state index in [1.54, 1.807) is 0 Å². The summed E-state index contributed by atoms with van der Waals surface area (Å²) in [6.45, 7) is 4.71. The third-order valence-electron chi connectivity index (χ3n) is 5.22. The number of aromatic nitrogens is 1. The number of anilines is 1. The summed E-state index contributed by atoms with van der Waals surface area (Å²) < 4.78 is 0. The molecule has 4 rings (SSSR count). The van der Waals surface area contributed by atoms with Crippen LogP contribution in [0.5, 0.6) is 0 Å². The number of aryl methyl sites for hydroxylation is 1. The van der Waals surface area contributed by atoms with Gasteiger partial charge in [0, 0.05) is 44.6 Å². The Hall–Kier alpha value is -2.24. The number of fused-ring (bicyclic) bond motifs is 1. The molecule has 1 saturated heterocycles. The molecule has 1 unspecified atom stereocenters. The minimum Gasteiger partial charge on any atom is -0.324 e. The Morgan fingerprint density at radius 3 is 2.64 bits per heavy atom. The molecule has 0 saturated carbocycles. The lowest BCUT2D eigenvalue weighted by molar-refractivity contribution is -0.122. The van der Waals surface area contributed by atoms with Crippen molar-refractivity contribution in [2.45, 2.75) is 25.4 Å². The lowest BCUT2D eigenvalue weighted by Crippen LogP contribution is -2.53. The first-order valence-electron chi connectivity index (χ1n) is 9.05. The predicted octanol–water partition coefficient (Wildman–Crippen LogP) is 2.15. The molecule has 1 N–H and O–H groups in total. The molecule has 0 radical (unpaired) electrons. The second-order valence-electron chi connectivity index (χ2n) is 6.83. The van der Waals surface area contributed by atoms with Gasteiger partial charge in [-0.3, -0.25) is 19.6 Å². The Balaban J connectivity index is 1.35. The molecule has 2 aliphatic rings. The zero-order chi connectivity index (χ0) is 17.1. The van der Waals surface area contributed by atoms with Crippen LogP contribution in [-0.2, 0) is 17.8 Å². The van der Waals surface area contributed by atoms with Gasteiger partial charge < -0.3 is 5.32 Å². The summed E-state index contributed by atoms with van der Waals surface area (Å²) >= 11 is 0. The van der Waals surface area contributed by atoms with Gasteiger partial charge in [-0.05, 0) is 36.6 Å². The number of carbonyl (C=O) groups excluding carboxylic acids is 1. The summed E-state index contributed by atoms with van der Waals surface area (Å²) in [5, 5.41) is 3.12. The molecule has 1 atom stereocenters. The van der Waals surface area contributed by atoms with E-state index in [9.17, 15) is 4.79 Å². The van der Waals surface area contributed by atoms with E-state index in [1.165, 1.54) is 5.56 Å². The Morgan fingerprint density at radius 2 is 1.84 bits per heavy atom. The van der Waals surface area contributed by atoms with Gasteiger partial charge in [0.25, 0.3) is 0 Å². The van der Waals surface area contributed by atoms with Gasteiger partial charge in [0.05, 0.1) is 11.7 Å². The maximum Gasteiger partial charge on any atom is 0.241 e. The highest BCUT2D eigenvalue weighted by atomic mass is 16.2. The van der Waals surface area contributed by atoms with E-state index in [1.807, 2.05) is 36.5 Å². The molecule has 5 nitrogen and oxygen atoms in total. The van der Waals surface area contributed by atoms with E-state index in [4.69, 9.17) is 0 Å². The van der Waals surface area contributed by atoms with Crippen LogP contribution in [0.3, 0.4) is 0 Å². The van der Waals surface area contributed by atoms with E-state index in [2.05, 4.69) is 32.2 Å². The van der Waals surface area contributed by atoms with E-state index in [-0.39, 0.29) is 11.9 Å². The Kier molecular flexibility index (Phi) is 4.76. The molecule has 3 heterocycles. The third-order valence-corrected chi connectivity index (χ3v) is 5.22. The molecule has 25 heavy (non-hydrogen) atoms. The topological polar surface area (TPSA) is 48.5 Å². The van der Waals surface area contributed by atoms with E-state index in [0.717, 1.165) is 56.9 Å².